The zero-order chi connectivity index (χ0) is 39.3. The summed E-state index contributed by atoms with van der Waals surface area (Å²) in [6, 6.07) is 21.2. The van der Waals surface area contributed by atoms with Gasteiger partial charge in [-0.15, -0.1) is 0 Å². The summed E-state index contributed by atoms with van der Waals surface area (Å²) >= 11 is 0. The highest BCUT2D eigenvalue weighted by Gasteiger charge is 2.26. The molecule has 56 heavy (non-hydrogen) atoms. The summed E-state index contributed by atoms with van der Waals surface area (Å²) in [7, 11) is 0. The summed E-state index contributed by atoms with van der Waals surface area (Å²) in [5.41, 5.74) is 16.7. The van der Waals surface area contributed by atoms with Gasteiger partial charge in [-0.05, 0) is 111 Å². The van der Waals surface area contributed by atoms with Crippen molar-refractivity contribution in [1.82, 2.24) is 29.9 Å². The molecule has 0 radical (unpaired) electrons. The maximum Gasteiger partial charge on any atom is 0.254 e. The van der Waals surface area contributed by atoms with Crippen molar-refractivity contribution < 1.29 is 14.3 Å². The fourth-order valence-corrected chi connectivity index (χ4v) is 8.25. The van der Waals surface area contributed by atoms with Crippen LogP contribution in [0.15, 0.2) is 66.9 Å². The topological polar surface area (TPSA) is 131 Å². The lowest BCUT2D eigenvalue weighted by atomic mass is 9.96. The number of nitrogens with one attached hydrogen (secondary N) is 2. The Kier molecular flexibility index (Phi) is 12.1. The predicted octanol–water partition coefficient (Wildman–Crippen LogP) is 6.62. The Labute approximate surface area is 330 Å². The molecule has 11 heteroatoms. The number of aryl methyl sites for hydroxylation is 4. The maximum atomic E-state index is 14.9. The van der Waals surface area contributed by atoms with Crippen LogP contribution in [0.4, 0.5) is 5.69 Å². The number of pyridine rings is 1. The van der Waals surface area contributed by atoms with Crippen LogP contribution in [-0.2, 0) is 37.3 Å². The summed E-state index contributed by atoms with van der Waals surface area (Å²) in [6.07, 6.45) is 4.34. The molecule has 2 aromatic heterocycles. The van der Waals surface area contributed by atoms with Crippen molar-refractivity contribution in [3.8, 4) is 11.1 Å². The summed E-state index contributed by atoms with van der Waals surface area (Å²) in [4.78, 5) is 36.8. The highest BCUT2D eigenvalue weighted by molar-refractivity contribution is 6.00. The number of piperazine rings is 1. The Bertz CT molecular complexity index is 2210. The third-order valence-electron chi connectivity index (χ3n) is 11.2. The second-order valence-electron chi connectivity index (χ2n) is 15.5. The number of rotatable bonds is 13. The van der Waals surface area contributed by atoms with E-state index in [9.17, 15) is 9.59 Å². The number of aromatic nitrogens is 3. The zero-order valence-corrected chi connectivity index (χ0v) is 33.5. The summed E-state index contributed by atoms with van der Waals surface area (Å²) in [5.74, 6) is -0.751. The maximum absolute atomic E-state index is 14.9. The van der Waals surface area contributed by atoms with Gasteiger partial charge in [-0.1, -0.05) is 37.3 Å². The minimum atomic E-state index is -0.565. The number of primary amides is 1. The molecule has 4 heterocycles. The molecule has 11 nitrogen and oxygen atoms in total. The number of ether oxygens (including phenoxy) is 1. The van der Waals surface area contributed by atoms with Crippen LogP contribution < -0.4 is 16.4 Å². The lowest BCUT2D eigenvalue weighted by molar-refractivity contribution is 0.0729. The third kappa shape index (κ3) is 8.80. The van der Waals surface area contributed by atoms with E-state index in [-0.39, 0.29) is 11.9 Å². The molecule has 294 valence electrons. The predicted molar refractivity (Wildman–Crippen MR) is 223 cm³/mol. The number of carbonyl (C=O) groups excluding carboxylic acids is 2. The molecule has 2 aliphatic rings. The molecule has 1 atom stereocenters. The Morgan fingerprint density at radius 2 is 1.80 bits per heavy atom. The van der Waals surface area contributed by atoms with E-state index in [2.05, 4.69) is 85.7 Å². The number of anilines is 1. The minimum Gasteiger partial charge on any atom is -0.381 e. The molecule has 3 aromatic carbocycles. The Morgan fingerprint density at radius 3 is 2.55 bits per heavy atom. The van der Waals surface area contributed by atoms with Crippen LogP contribution in [0.2, 0.25) is 0 Å². The van der Waals surface area contributed by atoms with Gasteiger partial charge in [-0.3, -0.25) is 14.5 Å². The fourth-order valence-electron chi connectivity index (χ4n) is 8.25. The van der Waals surface area contributed by atoms with Crippen molar-refractivity contribution in [2.45, 2.75) is 92.1 Å². The van der Waals surface area contributed by atoms with E-state index in [1.807, 2.05) is 28.8 Å². The average Bonchev–Trinajstić information content (AvgIpc) is 3.61. The number of carbonyl (C=O) groups is 2. The number of benzene rings is 3. The van der Waals surface area contributed by atoms with Crippen LogP contribution in [0, 0.1) is 13.8 Å². The quantitative estimate of drug-likeness (QED) is 0.122. The van der Waals surface area contributed by atoms with Gasteiger partial charge in [0.1, 0.15) is 0 Å². The second-order valence-corrected chi connectivity index (χ2v) is 15.5. The van der Waals surface area contributed by atoms with Gasteiger partial charge in [0.25, 0.3) is 5.91 Å². The largest absolute Gasteiger partial charge is 0.381 e. The van der Waals surface area contributed by atoms with Crippen molar-refractivity contribution >= 4 is 28.5 Å². The van der Waals surface area contributed by atoms with Crippen LogP contribution >= 0.6 is 0 Å². The van der Waals surface area contributed by atoms with Crippen LogP contribution in [0.1, 0.15) is 87.8 Å². The first-order valence-corrected chi connectivity index (χ1v) is 20.2. The first-order chi connectivity index (χ1) is 27.1. The first-order valence-electron chi connectivity index (χ1n) is 20.2. The molecule has 0 saturated carbocycles. The number of nitrogens with zero attached hydrogens (tertiary/aromatic N) is 5. The summed E-state index contributed by atoms with van der Waals surface area (Å²) < 4.78 is 7.64. The first kappa shape index (κ1) is 39.1. The molecule has 5 aromatic rings. The summed E-state index contributed by atoms with van der Waals surface area (Å²) in [5, 5.41) is 13.1. The lowest BCUT2D eigenvalue weighted by Gasteiger charge is -2.31. The molecule has 0 aliphatic carbocycles. The van der Waals surface area contributed by atoms with Crippen LogP contribution in [0.5, 0.6) is 0 Å². The molecule has 4 N–H and O–H groups in total. The van der Waals surface area contributed by atoms with Crippen molar-refractivity contribution in [2.24, 2.45) is 5.73 Å². The van der Waals surface area contributed by atoms with Gasteiger partial charge < -0.3 is 26.0 Å². The fraction of sp³-hybridized carbons (Fsp3) is 0.422. The standard InChI is InChI=1S/C45H56N8O3/c1-6-41-40(42(49-37-13-17-56-18-14-37)39-24-48-53(7-2)44(39)50-41)28-52(45(55)36-20-29(3)19-35(23-36)43(46)54)27-33-12-11-30(4)38(22-33)34-10-8-9-32(21-34)26-51-16-15-47-31(5)25-51/h8-12,19-24,31,37,47H,6-7,13-18,25-28H2,1-5H3,(H2,46,54)(H,49,50)/t31-/m0/s1. The van der Waals surface area contributed by atoms with Gasteiger partial charge in [0.15, 0.2) is 5.65 Å². The van der Waals surface area contributed by atoms with E-state index in [4.69, 9.17) is 20.6 Å². The SMILES string of the molecule is CCc1nc2c(cnn2CC)c(NC2CCOCC2)c1CN(Cc1ccc(C)c(-c2cccc(CN3CCN[C@@H](C)C3)c2)c1)C(=O)c1cc(C)cc(C(N)=O)c1. The highest BCUT2D eigenvalue weighted by Crippen LogP contribution is 2.34. The second kappa shape index (κ2) is 17.4. The monoisotopic (exact) mass is 756 g/mol. The molecule has 0 bridgehead atoms. The van der Waals surface area contributed by atoms with E-state index in [0.717, 1.165) is 89.3 Å². The number of hydrogen-bond acceptors (Lipinski definition) is 8. The lowest BCUT2D eigenvalue weighted by Crippen LogP contribution is -2.48. The van der Waals surface area contributed by atoms with Crippen LogP contribution in [0.3, 0.4) is 0 Å². The van der Waals surface area contributed by atoms with Gasteiger partial charge in [0.05, 0.1) is 23.8 Å². The van der Waals surface area contributed by atoms with Crippen molar-refractivity contribution in [1.29, 1.82) is 0 Å². The molecule has 2 fully saturated rings. The van der Waals surface area contributed by atoms with Crippen molar-refractivity contribution in [2.75, 3.05) is 38.2 Å². The van der Waals surface area contributed by atoms with Gasteiger partial charge in [0, 0.05) is 87.0 Å². The molecular weight excluding hydrogens is 701 g/mol. The zero-order valence-electron chi connectivity index (χ0n) is 33.5. The molecular formula is C45H56N8O3. The average molecular weight is 757 g/mol. The van der Waals surface area contributed by atoms with Gasteiger partial charge in [0.2, 0.25) is 5.91 Å². The Hall–Kier alpha value is -5.10. The van der Waals surface area contributed by atoms with Crippen LogP contribution in [0.25, 0.3) is 22.2 Å². The van der Waals surface area contributed by atoms with Gasteiger partial charge in [-0.25, -0.2) is 9.67 Å². The Morgan fingerprint density at radius 1 is 1.00 bits per heavy atom. The number of fused-ring (bicyclic) bond motifs is 1. The minimum absolute atomic E-state index is 0.186. The molecule has 2 saturated heterocycles. The van der Waals surface area contributed by atoms with Crippen molar-refractivity contribution in [3.05, 3.63) is 111 Å². The van der Waals surface area contributed by atoms with E-state index in [0.29, 0.717) is 56.4 Å². The van der Waals surface area contributed by atoms with E-state index in [1.54, 1.807) is 12.1 Å². The third-order valence-corrected chi connectivity index (χ3v) is 11.2. The van der Waals surface area contributed by atoms with E-state index < -0.39 is 5.91 Å². The Balaban J connectivity index is 1.28. The normalized spacial score (nSPS) is 16.6. The number of nitrogens with two attached hydrogens (primary N) is 1. The highest BCUT2D eigenvalue weighted by atomic mass is 16.5. The smallest absolute Gasteiger partial charge is 0.254 e. The molecule has 0 spiro atoms. The van der Waals surface area contributed by atoms with E-state index >= 15 is 0 Å². The molecule has 0 unspecified atom stereocenters. The molecule has 2 amide bonds. The summed E-state index contributed by atoms with van der Waals surface area (Å²) in [6.45, 7) is 17.1. The van der Waals surface area contributed by atoms with Crippen LogP contribution in [-0.4, -0.2) is 81.3 Å². The molecule has 2 aliphatic heterocycles. The van der Waals surface area contributed by atoms with Crippen molar-refractivity contribution in [3.63, 3.8) is 0 Å². The molecule has 7 rings (SSSR count). The number of amides is 2. The number of hydrogen-bond donors (Lipinski definition) is 3. The van der Waals surface area contributed by atoms with E-state index in [1.165, 1.54) is 11.1 Å². The van der Waals surface area contributed by atoms with Gasteiger partial charge in [-0.2, -0.15) is 5.10 Å². The van der Waals surface area contributed by atoms with Gasteiger partial charge >= 0.3 is 0 Å².